The third kappa shape index (κ3) is 1.69. The van der Waals surface area contributed by atoms with Crippen LogP contribution in [0.1, 0.15) is 11.3 Å². The Morgan fingerprint density at radius 2 is 2.36 bits per heavy atom. The Labute approximate surface area is 64.9 Å². The molecule has 0 spiro atoms. The van der Waals surface area contributed by atoms with E-state index in [1.54, 1.807) is 12.1 Å². The molecule has 1 aromatic rings. The number of aliphatic hydroxyl groups is 1. The zero-order valence-electron chi connectivity index (χ0n) is 5.91. The minimum absolute atomic E-state index is 0.139. The van der Waals surface area contributed by atoms with Crippen LogP contribution in [0.5, 0.6) is 0 Å². The number of nitrogens with two attached hydrogens (primary N) is 1. The highest BCUT2D eigenvalue weighted by atomic mass is 16.3. The highest BCUT2D eigenvalue weighted by molar-refractivity contribution is 5.42. The summed E-state index contributed by atoms with van der Waals surface area (Å²) in [4.78, 5) is 3.83. The van der Waals surface area contributed by atoms with E-state index in [2.05, 4.69) is 10.9 Å². The van der Waals surface area contributed by atoms with Crippen molar-refractivity contribution in [1.29, 1.82) is 0 Å². The minimum atomic E-state index is -0.139. The van der Waals surface area contributed by atoms with Crippen molar-refractivity contribution < 1.29 is 5.11 Å². The minimum Gasteiger partial charge on any atom is -0.390 e. The summed E-state index contributed by atoms with van der Waals surface area (Å²) >= 11 is 0. The van der Waals surface area contributed by atoms with Gasteiger partial charge in [0.05, 0.1) is 12.3 Å². The van der Waals surface area contributed by atoms with E-state index in [9.17, 15) is 0 Å². The molecule has 1 aromatic heterocycles. The van der Waals surface area contributed by atoms with Crippen LogP contribution in [0.4, 0.5) is 5.82 Å². The van der Waals surface area contributed by atoms with E-state index in [0.717, 1.165) is 0 Å². The van der Waals surface area contributed by atoms with Gasteiger partial charge in [-0.3, -0.25) is 0 Å². The Kier molecular flexibility index (Phi) is 2.09. The quantitative estimate of drug-likeness (QED) is 0.557. The molecule has 0 amide bonds. The number of rotatable bonds is 1. The lowest BCUT2D eigenvalue weighted by Crippen LogP contribution is -1.96. The monoisotopic (exact) mass is 148 g/mol. The van der Waals surface area contributed by atoms with E-state index < -0.39 is 0 Å². The third-order valence-corrected chi connectivity index (χ3v) is 1.23. The lowest BCUT2D eigenvalue weighted by atomic mass is 10.2. The van der Waals surface area contributed by atoms with Crippen molar-refractivity contribution in [3.63, 3.8) is 0 Å². The third-order valence-electron chi connectivity index (χ3n) is 1.23. The number of anilines is 1. The molecule has 0 bridgehead atoms. The summed E-state index contributed by atoms with van der Waals surface area (Å²) in [6, 6.07) is 3.20. The van der Waals surface area contributed by atoms with Crippen molar-refractivity contribution in [3.05, 3.63) is 23.4 Å². The molecule has 11 heavy (non-hydrogen) atoms. The maximum Gasteiger partial charge on any atom is 0.124 e. The summed E-state index contributed by atoms with van der Waals surface area (Å²) in [6.45, 7) is -0.139. The summed E-state index contributed by atoms with van der Waals surface area (Å²) < 4.78 is 0. The summed E-state index contributed by atoms with van der Waals surface area (Å²) in [6.07, 6.45) is 5.13. The predicted molar refractivity (Wildman–Crippen MR) is 42.5 cm³/mol. The van der Waals surface area contributed by atoms with Gasteiger partial charge in [-0.15, -0.1) is 6.42 Å². The van der Waals surface area contributed by atoms with Crippen molar-refractivity contribution in [2.24, 2.45) is 0 Å². The highest BCUT2D eigenvalue weighted by Crippen LogP contribution is 2.05. The van der Waals surface area contributed by atoms with Crippen molar-refractivity contribution in [3.8, 4) is 12.3 Å². The van der Waals surface area contributed by atoms with Crippen LogP contribution in [-0.2, 0) is 6.61 Å². The van der Waals surface area contributed by atoms with Crippen molar-refractivity contribution >= 4 is 5.82 Å². The molecule has 0 fully saturated rings. The van der Waals surface area contributed by atoms with Crippen molar-refractivity contribution in [2.75, 3.05) is 5.73 Å². The molecule has 1 heterocycles. The number of pyridine rings is 1. The summed E-state index contributed by atoms with van der Waals surface area (Å²) in [5.41, 5.74) is 6.53. The number of nitrogen functional groups attached to an aromatic ring is 1. The molecular formula is C8H8N2O. The molecule has 0 radical (unpaired) electrons. The first-order valence-electron chi connectivity index (χ1n) is 3.10. The van der Waals surface area contributed by atoms with Crippen LogP contribution in [0.2, 0.25) is 0 Å². The molecule has 0 atom stereocenters. The van der Waals surface area contributed by atoms with Crippen LogP contribution in [0, 0.1) is 12.3 Å². The van der Waals surface area contributed by atoms with Crippen LogP contribution in [0.25, 0.3) is 0 Å². The molecular weight excluding hydrogens is 140 g/mol. The first-order chi connectivity index (χ1) is 5.26. The fourth-order valence-electron chi connectivity index (χ4n) is 0.775. The normalized spacial score (nSPS) is 9.09. The van der Waals surface area contributed by atoms with Gasteiger partial charge in [-0.1, -0.05) is 5.92 Å². The molecule has 3 N–H and O–H groups in total. The second kappa shape index (κ2) is 3.04. The number of aromatic nitrogens is 1. The predicted octanol–water partition coefficient (Wildman–Crippen LogP) is 0.137. The van der Waals surface area contributed by atoms with Crippen LogP contribution >= 0.6 is 0 Å². The molecule has 56 valence electrons. The molecule has 0 aliphatic rings. The molecule has 3 heteroatoms. The molecule has 0 aromatic carbocycles. The smallest absolute Gasteiger partial charge is 0.124 e. The van der Waals surface area contributed by atoms with E-state index in [1.807, 2.05) is 0 Å². The summed E-state index contributed by atoms with van der Waals surface area (Å²) in [7, 11) is 0. The highest BCUT2D eigenvalue weighted by Gasteiger charge is 1.96. The zero-order valence-corrected chi connectivity index (χ0v) is 5.91. The first-order valence-corrected chi connectivity index (χ1v) is 3.10. The van der Waals surface area contributed by atoms with Gasteiger partial charge in [0.25, 0.3) is 0 Å². The molecule has 1 rings (SSSR count). The largest absolute Gasteiger partial charge is 0.390 e. The lowest BCUT2D eigenvalue weighted by Gasteiger charge is -1.98. The van der Waals surface area contributed by atoms with Gasteiger partial charge in [0.1, 0.15) is 5.82 Å². The van der Waals surface area contributed by atoms with Gasteiger partial charge < -0.3 is 10.8 Å². The van der Waals surface area contributed by atoms with Gasteiger partial charge >= 0.3 is 0 Å². The topological polar surface area (TPSA) is 59.1 Å². The first kappa shape index (κ1) is 7.58. The lowest BCUT2D eigenvalue weighted by molar-refractivity contribution is 0.277. The summed E-state index contributed by atoms with van der Waals surface area (Å²) in [5, 5.41) is 8.70. The van der Waals surface area contributed by atoms with Crippen LogP contribution in [0.3, 0.4) is 0 Å². The van der Waals surface area contributed by atoms with Crippen molar-refractivity contribution in [2.45, 2.75) is 6.61 Å². The van der Waals surface area contributed by atoms with E-state index in [-0.39, 0.29) is 6.61 Å². The van der Waals surface area contributed by atoms with E-state index >= 15 is 0 Å². The Hall–Kier alpha value is -1.53. The number of hydrogen-bond donors (Lipinski definition) is 2. The maximum absolute atomic E-state index is 8.70. The van der Waals surface area contributed by atoms with Crippen molar-refractivity contribution in [1.82, 2.24) is 4.98 Å². The van der Waals surface area contributed by atoms with Crippen LogP contribution < -0.4 is 5.73 Å². The Morgan fingerprint density at radius 3 is 2.91 bits per heavy atom. The van der Waals surface area contributed by atoms with Gasteiger partial charge in [0.2, 0.25) is 0 Å². The van der Waals surface area contributed by atoms with E-state index in [1.165, 1.54) is 0 Å². The molecule has 0 saturated heterocycles. The number of aliphatic hydroxyl groups excluding tert-OH is 1. The SMILES string of the molecule is C#Cc1cc(N)nc(CO)c1. The van der Waals surface area contributed by atoms with E-state index in [4.69, 9.17) is 17.3 Å². The van der Waals surface area contributed by atoms with Gasteiger partial charge in [-0.2, -0.15) is 0 Å². The molecule has 0 aliphatic carbocycles. The number of nitrogens with zero attached hydrogens (tertiary/aromatic N) is 1. The zero-order chi connectivity index (χ0) is 8.27. The van der Waals surface area contributed by atoms with Gasteiger partial charge in [0.15, 0.2) is 0 Å². The number of terminal acetylenes is 1. The fourth-order valence-corrected chi connectivity index (χ4v) is 0.775. The molecule has 0 aliphatic heterocycles. The maximum atomic E-state index is 8.70. The molecule has 0 saturated carbocycles. The Morgan fingerprint density at radius 1 is 1.64 bits per heavy atom. The average Bonchev–Trinajstić information content (AvgIpc) is 2.03. The van der Waals surface area contributed by atoms with Gasteiger partial charge in [-0.05, 0) is 12.1 Å². The molecule has 3 nitrogen and oxygen atoms in total. The summed E-state index contributed by atoms with van der Waals surface area (Å²) in [5.74, 6) is 2.75. The van der Waals surface area contributed by atoms with Crippen LogP contribution in [-0.4, -0.2) is 10.1 Å². The standard InChI is InChI=1S/C8H8N2O/c1-2-6-3-7(5-11)10-8(9)4-6/h1,3-4,11H,5H2,(H2,9,10). The van der Waals surface area contributed by atoms with Gasteiger partial charge in [-0.25, -0.2) is 4.98 Å². The van der Waals surface area contributed by atoms with E-state index in [0.29, 0.717) is 17.1 Å². The van der Waals surface area contributed by atoms with Crippen LogP contribution in [0.15, 0.2) is 12.1 Å². The average molecular weight is 148 g/mol. The number of hydrogen-bond acceptors (Lipinski definition) is 3. The second-order valence-corrected chi connectivity index (χ2v) is 2.07. The second-order valence-electron chi connectivity index (χ2n) is 2.07. The Bertz CT molecular complexity index is 301. The Balaban J connectivity index is 3.15. The fraction of sp³-hybridized carbons (Fsp3) is 0.125. The molecule has 0 unspecified atom stereocenters. The van der Waals surface area contributed by atoms with Gasteiger partial charge in [0, 0.05) is 5.56 Å².